The Kier molecular flexibility index (Phi) is 9.84. The highest BCUT2D eigenvalue weighted by atomic mass is 35.5. The van der Waals surface area contributed by atoms with Crippen LogP contribution in [0.5, 0.6) is 0 Å². The van der Waals surface area contributed by atoms with E-state index in [1.807, 2.05) is 6.26 Å². The van der Waals surface area contributed by atoms with E-state index in [2.05, 4.69) is 15.7 Å². The van der Waals surface area contributed by atoms with Crippen molar-refractivity contribution in [1.29, 1.82) is 0 Å². The molecule has 3 N–H and O–H groups in total. The largest absolute Gasteiger partial charge is 0.348 e. The van der Waals surface area contributed by atoms with Gasteiger partial charge in [-0.2, -0.15) is 11.8 Å². The average molecular weight is 358 g/mol. The number of halogens is 2. The summed E-state index contributed by atoms with van der Waals surface area (Å²) < 4.78 is 0. The van der Waals surface area contributed by atoms with Gasteiger partial charge in [-0.3, -0.25) is 4.79 Å². The van der Waals surface area contributed by atoms with Crippen LogP contribution in [0.4, 0.5) is 0 Å². The lowest BCUT2D eigenvalue weighted by Gasteiger charge is -2.10. The Bertz CT molecular complexity index is 413. The first kappa shape index (κ1) is 20.0. The van der Waals surface area contributed by atoms with Crippen LogP contribution >= 0.6 is 47.9 Å². The van der Waals surface area contributed by atoms with Gasteiger partial charge in [-0.25, -0.2) is 4.98 Å². The number of carbonyl (C=O) groups excluding carboxylic acids is 1. The second-order valence-corrected chi connectivity index (χ2v) is 6.47. The van der Waals surface area contributed by atoms with Gasteiger partial charge in [-0.05, 0) is 31.3 Å². The summed E-state index contributed by atoms with van der Waals surface area (Å²) in [7, 11) is 0. The molecule has 0 aliphatic heterocycles. The van der Waals surface area contributed by atoms with E-state index < -0.39 is 6.04 Å². The van der Waals surface area contributed by atoms with Gasteiger partial charge in [-0.1, -0.05) is 0 Å². The number of nitrogens with one attached hydrogen (secondary N) is 1. The second kappa shape index (κ2) is 9.84. The molecule has 1 unspecified atom stereocenters. The van der Waals surface area contributed by atoms with Crippen LogP contribution in [0.1, 0.15) is 35.9 Å². The molecule has 1 aliphatic rings. The Morgan fingerprint density at radius 1 is 1.60 bits per heavy atom. The van der Waals surface area contributed by atoms with Crippen LogP contribution in [-0.2, 0) is 11.3 Å². The van der Waals surface area contributed by atoms with Crippen LogP contribution in [-0.4, -0.2) is 28.9 Å². The van der Waals surface area contributed by atoms with Gasteiger partial charge in [0.05, 0.1) is 18.3 Å². The van der Waals surface area contributed by atoms with Crippen molar-refractivity contribution in [3.63, 3.8) is 0 Å². The molecule has 1 heterocycles. The predicted octanol–water partition coefficient (Wildman–Crippen LogP) is 2.56. The molecule has 1 aromatic heterocycles. The number of amides is 1. The second-order valence-electron chi connectivity index (χ2n) is 4.55. The van der Waals surface area contributed by atoms with Gasteiger partial charge in [-0.15, -0.1) is 36.2 Å². The monoisotopic (exact) mass is 357 g/mol. The van der Waals surface area contributed by atoms with Gasteiger partial charge in [0, 0.05) is 11.3 Å². The smallest absolute Gasteiger partial charge is 0.237 e. The highest BCUT2D eigenvalue weighted by molar-refractivity contribution is 7.98. The topological polar surface area (TPSA) is 68.0 Å². The lowest BCUT2D eigenvalue weighted by Crippen LogP contribution is -2.40. The van der Waals surface area contributed by atoms with Gasteiger partial charge in [0.25, 0.3) is 0 Å². The predicted molar refractivity (Wildman–Crippen MR) is 91.4 cm³/mol. The molecular formula is C12H21Cl2N3OS2. The summed E-state index contributed by atoms with van der Waals surface area (Å²) in [6, 6.07) is -0.402. The van der Waals surface area contributed by atoms with Crippen LogP contribution in [0.3, 0.4) is 0 Å². The van der Waals surface area contributed by atoms with E-state index in [0.717, 1.165) is 17.2 Å². The molecule has 1 aromatic rings. The molecule has 0 radical (unpaired) electrons. The van der Waals surface area contributed by atoms with Crippen LogP contribution < -0.4 is 11.1 Å². The maximum Gasteiger partial charge on any atom is 0.237 e. The molecule has 0 aromatic carbocycles. The molecular weight excluding hydrogens is 337 g/mol. The fraction of sp³-hybridized carbons (Fsp3) is 0.667. The third-order valence-corrected chi connectivity index (χ3v) is 4.46. The molecule has 1 saturated carbocycles. The zero-order valence-electron chi connectivity index (χ0n) is 11.3. The highest BCUT2D eigenvalue weighted by Crippen LogP contribution is 2.40. The van der Waals surface area contributed by atoms with Crippen LogP contribution in [0.2, 0.25) is 0 Å². The van der Waals surface area contributed by atoms with Crippen molar-refractivity contribution in [3.8, 4) is 0 Å². The number of thiazole rings is 1. The minimum atomic E-state index is -0.402. The first-order valence-corrected chi connectivity index (χ1v) is 8.44. The van der Waals surface area contributed by atoms with Crippen molar-refractivity contribution >= 4 is 53.8 Å². The van der Waals surface area contributed by atoms with E-state index in [4.69, 9.17) is 5.73 Å². The van der Waals surface area contributed by atoms with Crippen molar-refractivity contribution in [2.45, 2.75) is 37.8 Å². The van der Waals surface area contributed by atoms with Crippen molar-refractivity contribution in [2.75, 3.05) is 12.0 Å². The summed E-state index contributed by atoms with van der Waals surface area (Å²) in [4.78, 5) is 16.2. The van der Waals surface area contributed by atoms with Crippen LogP contribution in [0.15, 0.2) is 5.38 Å². The Balaban J connectivity index is 0.00000180. The van der Waals surface area contributed by atoms with E-state index in [-0.39, 0.29) is 30.7 Å². The number of hydrogen-bond acceptors (Lipinski definition) is 5. The molecule has 0 bridgehead atoms. The van der Waals surface area contributed by atoms with Crippen molar-refractivity contribution < 1.29 is 4.79 Å². The zero-order chi connectivity index (χ0) is 13.0. The van der Waals surface area contributed by atoms with Gasteiger partial charge in [0.15, 0.2) is 0 Å². The SMILES string of the molecule is CSCCC(N)C(=O)NCc1nc(C2CC2)cs1.Cl.Cl. The lowest BCUT2D eigenvalue weighted by molar-refractivity contribution is -0.122. The minimum absolute atomic E-state index is 0. The Morgan fingerprint density at radius 3 is 2.90 bits per heavy atom. The molecule has 20 heavy (non-hydrogen) atoms. The third kappa shape index (κ3) is 6.18. The number of aromatic nitrogens is 1. The average Bonchev–Trinajstić information content (AvgIpc) is 3.12. The summed E-state index contributed by atoms with van der Waals surface area (Å²) in [5.41, 5.74) is 6.98. The molecule has 116 valence electrons. The fourth-order valence-corrected chi connectivity index (χ4v) is 2.95. The normalized spacial score (nSPS) is 14.9. The quantitative estimate of drug-likeness (QED) is 0.786. The number of thioether (sulfide) groups is 1. The molecule has 4 nitrogen and oxygen atoms in total. The summed E-state index contributed by atoms with van der Waals surface area (Å²) in [6.07, 6.45) is 5.25. The lowest BCUT2D eigenvalue weighted by atomic mass is 10.2. The molecule has 1 aliphatic carbocycles. The van der Waals surface area contributed by atoms with Crippen LogP contribution in [0.25, 0.3) is 0 Å². The molecule has 1 amide bonds. The molecule has 0 saturated heterocycles. The molecule has 1 fully saturated rings. The summed E-state index contributed by atoms with van der Waals surface area (Å²) in [5, 5.41) is 5.93. The van der Waals surface area contributed by atoms with E-state index in [9.17, 15) is 4.79 Å². The number of nitrogens with zero attached hydrogens (tertiary/aromatic N) is 1. The number of carbonyl (C=O) groups is 1. The minimum Gasteiger partial charge on any atom is -0.348 e. The van der Waals surface area contributed by atoms with E-state index in [1.54, 1.807) is 23.1 Å². The first-order valence-electron chi connectivity index (χ1n) is 6.17. The van der Waals surface area contributed by atoms with E-state index in [1.165, 1.54) is 18.5 Å². The Morgan fingerprint density at radius 2 is 2.30 bits per heavy atom. The molecule has 2 rings (SSSR count). The zero-order valence-corrected chi connectivity index (χ0v) is 14.6. The van der Waals surface area contributed by atoms with Crippen LogP contribution in [0, 0.1) is 0 Å². The van der Waals surface area contributed by atoms with Gasteiger partial charge >= 0.3 is 0 Å². The van der Waals surface area contributed by atoms with Crippen molar-refractivity contribution in [2.24, 2.45) is 5.73 Å². The van der Waals surface area contributed by atoms with Gasteiger partial charge in [0.1, 0.15) is 5.01 Å². The molecule has 0 spiro atoms. The number of rotatable bonds is 7. The van der Waals surface area contributed by atoms with Gasteiger partial charge < -0.3 is 11.1 Å². The Hall–Kier alpha value is -0.0100. The van der Waals surface area contributed by atoms with Gasteiger partial charge in [0.2, 0.25) is 5.91 Å². The standard InChI is InChI=1S/C12H19N3OS2.2ClH/c1-17-5-4-9(13)12(16)14-6-11-15-10(7-18-11)8-2-3-8;;/h7-9H,2-6,13H2,1H3,(H,14,16);2*1H. The summed E-state index contributed by atoms with van der Waals surface area (Å²) in [5.74, 6) is 1.51. The maximum atomic E-state index is 11.7. The third-order valence-electron chi connectivity index (χ3n) is 2.95. The van der Waals surface area contributed by atoms with E-state index in [0.29, 0.717) is 12.5 Å². The number of nitrogens with two attached hydrogens (primary N) is 1. The first-order chi connectivity index (χ1) is 8.70. The maximum absolute atomic E-state index is 11.7. The number of hydrogen-bond donors (Lipinski definition) is 2. The van der Waals surface area contributed by atoms with E-state index >= 15 is 0 Å². The highest BCUT2D eigenvalue weighted by Gasteiger charge is 2.26. The molecule has 8 heteroatoms. The van der Waals surface area contributed by atoms with Crippen molar-refractivity contribution in [3.05, 3.63) is 16.1 Å². The fourth-order valence-electron chi connectivity index (χ4n) is 1.64. The summed E-state index contributed by atoms with van der Waals surface area (Å²) >= 11 is 3.32. The Labute approximate surface area is 140 Å². The molecule has 1 atom stereocenters. The summed E-state index contributed by atoms with van der Waals surface area (Å²) in [6.45, 7) is 0.503. The van der Waals surface area contributed by atoms with Crippen molar-refractivity contribution in [1.82, 2.24) is 10.3 Å².